The zero-order valence-electron chi connectivity index (χ0n) is 9.98. The smallest absolute Gasteiger partial charge is 0.224 e. The van der Waals surface area contributed by atoms with E-state index in [1.165, 1.54) is 0 Å². The van der Waals surface area contributed by atoms with Gasteiger partial charge in [-0.05, 0) is 38.6 Å². The molecule has 3 atom stereocenters. The standard InChI is InChI=1S/C12H22N2O2/c1-13-12(16)9-4-3-7-14(8-9)10-5-2-6-11(10)15/h9-11,15H,2-8H2,1H3,(H,13,16)/t9?,10-,11-/m1/s1. The van der Waals surface area contributed by atoms with E-state index in [2.05, 4.69) is 10.2 Å². The van der Waals surface area contributed by atoms with Gasteiger partial charge in [-0.3, -0.25) is 9.69 Å². The van der Waals surface area contributed by atoms with Crippen LogP contribution in [0.15, 0.2) is 0 Å². The summed E-state index contributed by atoms with van der Waals surface area (Å²) in [7, 11) is 1.70. The van der Waals surface area contributed by atoms with E-state index in [-0.39, 0.29) is 17.9 Å². The highest BCUT2D eigenvalue weighted by Crippen LogP contribution is 2.28. The van der Waals surface area contributed by atoms with Crippen LogP contribution < -0.4 is 5.32 Å². The molecule has 92 valence electrons. The number of carbonyl (C=O) groups is 1. The van der Waals surface area contributed by atoms with Crippen molar-refractivity contribution < 1.29 is 9.90 Å². The Hall–Kier alpha value is -0.610. The van der Waals surface area contributed by atoms with Crippen LogP contribution in [0.3, 0.4) is 0 Å². The van der Waals surface area contributed by atoms with Gasteiger partial charge in [-0.25, -0.2) is 0 Å². The molecule has 0 spiro atoms. The van der Waals surface area contributed by atoms with Gasteiger partial charge in [0.05, 0.1) is 12.0 Å². The first-order valence-corrected chi connectivity index (χ1v) is 6.36. The molecule has 1 saturated carbocycles. The van der Waals surface area contributed by atoms with Crippen molar-refractivity contribution in [2.24, 2.45) is 5.92 Å². The highest BCUT2D eigenvalue weighted by Gasteiger charge is 2.34. The maximum absolute atomic E-state index is 11.6. The molecule has 0 aromatic heterocycles. The molecule has 0 aromatic rings. The lowest BCUT2D eigenvalue weighted by molar-refractivity contribution is -0.126. The summed E-state index contributed by atoms with van der Waals surface area (Å²) in [6.45, 7) is 1.86. The fourth-order valence-electron chi connectivity index (χ4n) is 3.07. The molecule has 1 aliphatic carbocycles. The van der Waals surface area contributed by atoms with Crippen molar-refractivity contribution in [1.29, 1.82) is 0 Å². The number of piperidine rings is 1. The Bertz CT molecular complexity index is 257. The topological polar surface area (TPSA) is 52.6 Å². The molecule has 2 N–H and O–H groups in total. The number of rotatable bonds is 2. The van der Waals surface area contributed by atoms with Crippen molar-refractivity contribution in [2.45, 2.75) is 44.2 Å². The first-order valence-electron chi connectivity index (χ1n) is 6.36. The molecule has 1 saturated heterocycles. The highest BCUT2D eigenvalue weighted by molar-refractivity contribution is 5.78. The second-order valence-electron chi connectivity index (χ2n) is 5.01. The Balaban J connectivity index is 1.93. The molecule has 1 aliphatic heterocycles. The average Bonchev–Trinajstić information content (AvgIpc) is 2.74. The number of aliphatic hydroxyl groups is 1. The lowest BCUT2D eigenvalue weighted by Crippen LogP contribution is -2.49. The molecule has 4 heteroatoms. The van der Waals surface area contributed by atoms with Gasteiger partial charge in [-0.1, -0.05) is 0 Å². The van der Waals surface area contributed by atoms with Gasteiger partial charge in [0, 0.05) is 19.6 Å². The maximum atomic E-state index is 11.6. The van der Waals surface area contributed by atoms with Gasteiger partial charge in [0.1, 0.15) is 0 Å². The molecule has 1 unspecified atom stereocenters. The van der Waals surface area contributed by atoms with Crippen molar-refractivity contribution in [1.82, 2.24) is 10.2 Å². The Morgan fingerprint density at radius 2 is 2.12 bits per heavy atom. The molecule has 0 bridgehead atoms. The molecule has 1 amide bonds. The zero-order valence-corrected chi connectivity index (χ0v) is 9.98. The summed E-state index contributed by atoms with van der Waals surface area (Å²) in [4.78, 5) is 13.9. The Morgan fingerprint density at radius 3 is 2.75 bits per heavy atom. The summed E-state index contributed by atoms with van der Waals surface area (Å²) in [5, 5.41) is 12.6. The summed E-state index contributed by atoms with van der Waals surface area (Å²) in [6, 6.07) is 0.299. The summed E-state index contributed by atoms with van der Waals surface area (Å²) < 4.78 is 0. The van der Waals surface area contributed by atoms with Gasteiger partial charge in [0.15, 0.2) is 0 Å². The summed E-state index contributed by atoms with van der Waals surface area (Å²) in [5.41, 5.74) is 0. The maximum Gasteiger partial charge on any atom is 0.224 e. The molecule has 0 aromatic carbocycles. The molecule has 16 heavy (non-hydrogen) atoms. The Kier molecular flexibility index (Phi) is 3.82. The van der Waals surface area contributed by atoms with E-state index in [4.69, 9.17) is 0 Å². The first kappa shape index (κ1) is 11.9. The third kappa shape index (κ3) is 2.38. The van der Waals surface area contributed by atoms with Crippen LogP contribution in [0, 0.1) is 5.92 Å². The number of amides is 1. The summed E-state index contributed by atoms with van der Waals surface area (Å²) in [5.74, 6) is 0.267. The number of nitrogens with zero attached hydrogens (tertiary/aromatic N) is 1. The van der Waals surface area contributed by atoms with E-state index < -0.39 is 0 Å². The molecule has 2 fully saturated rings. The molecule has 4 nitrogen and oxygen atoms in total. The minimum atomic E-state index is -0.177. The van der Waals surface area contributed by atoms with Crippen LogP contribution in [0.25, 0.3) is 0 Å². The van der Waals surface area contributed by atoms with Crippen LogP contribution in [-0.4, -0.2) is 48.2 Å². The first-order chi connectivity index (χ1) is 7.72. The van der Waals surface area contributed by atoms with Gasteiger partial charge >= 0.3 is 0 Å². The largest absolute Gasteiger partial charge is 0.391 e. The highest BCUT2D eigenvalue weighted by atomic mass is 16.3. The molecule has 1 heterocycles. The van der Waals surface area contributed by atoms with E-state index in [1.54, 1.807) is 7.05 Å². The van der Waals surface area contributed by atoms with Crippen molar-refractivity contribution in [3.63, 3.8) is 0 Å². The quantitative estimate of drug-likeness (QED) is 0.715. The fraction of sp³-hybridized carbons (Fsp3) is 0.917. The SMILES string of the molecule is CNC(=O)C1CCCN([C@@H]2CCC[C@H]2O)C1. The van der Waals surface area contributed by atoms with E-state index >= 15 is 0 Å². The predicted molar refractivity (Wildman–Crippen MR) is 62.0 cm³/mol. The van der Waals surface area contributed by atoms with Crippen LogP contribution in [0.1, 0.15) is 32.1 Å². The van der Waals surface area contributed by atoms with Crippen molar-refractivity contribution in [3.8, 4) is 0 Å². The van der Waals surface area contributed by atoms with Crippen LogP contribution in [0.2, 0.25) is 0 Å². The minimum absolute atomic E-state index is 0.117. The molecule has 2 rings (SSSR count). The number of hydrogen-bond donors (Lipinski definition) is 2. The number of hydrogen-bond acceptors (Lipinski definition) is 3. The zero-order chi connectivity index (χ0) is 11.5. The number of carbonyl (C=O) groups excluding carboxylic acids is 1. The van der Waals surface area contributed by atoms with E-state index in [1.807, 2.05) is 0 Å². The van der Waals surface area contributed by atoms with Crippen molar-refractivity contribution >= 4 is 5.91 Å². The van der Waals surface area contributed by atoms with E-state index in [0.717, 1.165) is 45.2 Å². The number of aliphatic hydroxyl groups excluding tert-OH is 1. The van der Waals surface area contributed by atoms with Crippen molar-refractivity contribution in [3.05, 3.63) is 0 Å². The lowest BCUT2D eigenvalue weighted by Gasteiger charge is -2.37. The van der Waals surface area contributed by atoms with Crippen LogP contribution in [0.4, 0.5) is 0 Å². The van der Waals surface area contributed by atoms with Gasteiger partial charge < -0.3 is 10.4 Å². The minimum Gasteiger partial charge on any atom is -0.391 e. The number of nitrogens with one attached hydrogen (secondary N) is 1. The molecular weight excluding hydrogens is 204 g/mol. The van der Waals surface area contributed by atoms with E-state index in [9.17, 15) is 9.90 Å². The van der Waals surface area contributed by atoms with Crippen LogP contribution >= 0.6 is 0 Å². The molecule has 0 radical (unpaired) electrons. The third-order valence-electron chi connectivity index (χ3n) is 3.98. The summed E-state index contributed by atoms with van der Waals surface area (Å²) >= 11 is 0. The second kappa shape index (κ2) is 5.15. The summed E-state index contributed by atoms with van der Waals surface area (Å²) in [6.07, 6.45) is 5.00. The Morgan fingerprint density at radius 1 is 1.31 bits per heavy atom. The van der Waals surface area contributed by atoms with Gasteiger partial charge in [0.25, 0.3) is 0 Å². The monoisotopic (exact) mass is 226 g/mol. The normalized spacial score (nSPS) is 36.2. The lowest BCUT2D eigenvalue weighted by atomic mass is 9.95. The van der Waals surface area contributed by atoms with Crippen LogP contribution in [-0.2, 0) is 4.79 Å². The van der Waals surface area contributed by atoms with E-state index in [0.29, 0.717) is 6.04 Å². The van der Waals surface area contributed by atoms with Crippen molar-refractivity contribution in [2.75, 3.05) is 20.1 Å². The molecular formula is C12H22N2O2. The average molecular weight is 226 g/mol. The number of likely N-dealkylation sites (tertiary alicyclic amines) is 1. The second-order valence-corrected chi connectivity index (χ2v) is 5.01. The van der Waals surface area contributed by atoms with Crippen LogP contribution in [0.5, 0.6) is 0 Å². The fourth-order valence-corrected chi connectivity index (χ4v) is 3.07. The van der Waals surface area contributed by atoms with Gasteiger partial charge in [-0.2, -0.15) is 0 Å². The molecule has 2 aliphatic rings. The Labute approximate surface area is 97.0 Å². The van der Waals surface area contributed by atoms with Gasteiger partial charge in [-0.15, -0.1) is 0 Å². The predicted octanol–water partition coefficient (Wildman–Crippen LogP) is 0.358. The van der Waals surface area contributed by atoms with Gasteiger partial charge in [0.2, 0.25) is 5.91 Å². The third-order valence-corrected chi connectivity index (χ3v) is 3.98.